The number of hydrogen-bond donors (Lipinski definition) is 3. The van der Waals surface area contributed by atoms with Crippen LogP contribution in [0.2, 0.25) is 0 Å². The summed E-state index contributed by atoms with van der Waals surface area (Å²) in [5.41, 5.74) is 0. The third-order valence-corrected chi connectivity index (χ3v) is 3.90. The standard InChI is InChI=1S/C5H12S4/c1-3-4(9-8)5(2,6)7/h4,6-8H,3H2,1-2H3. The molecule has 1 atom stereocenters. The smallest absolute Gasteiger partial charge is 0.0650 e. The van der Waals surface area contributed by atoms with Gasteiger partial charge in [0, 0.05) is 5.25 Å². The van der Waals surface area contributed by atoms with Gasteiger partial charge in [-0.15, -0.1) is 11.7 Å². The molecule has 0 bridgehead atoms. The average Bonchev–Trinajstić information content (AvgIpc) is 1.65. The molecule has 0 N–H and O–H groups in total. The Kier molecular flexibility index (Phi) is 4.98. The van der Waals surface area contributed by atoms with Crippen molar-refractivity contribution in [2.75, 3.05) is 0 Å². The molecule has 1 unspecified atom stereocenters. The van der Waals surface area contributed by atoms with Gasteiger partial charge in [-0.1, -0.05) is 17.7 Å². The predicted molar refractivity (Wildman–Crippen MR) is 57.0 cm³/mol. The van der Waals surface area contributed by atoms with Gasteiger partial charge >= 0.3 is 0 Å². The maximum atomic E-state index is 4.30. The quantitative estimate of drug-likeness (QED) is 0.358. The third kappa shape index (κ3) is 3.96. The molecule has 0 aliphatic heterocycles. The van der Waals surface area contributed by atoms with Crippen molar-refractivity contribution in [2.45, 2.75) is 29.6 Å². The second-order valence-electron chi connectivity index (χ2n) is 2.10. The van der Waals surface area contributed by atoms with E-state index in [-0.39, 0.29) is 4.08 Å². The van der Waals surface area contributed by atoms with Crippen LogP contribution in [0.1, 0.15) is 20.3 Å². The van der Waals surface area contributed by atoms with Crippen LogP contribution < -0.4 is 0 Å². The van der Waals surface area contributed by atoms with Gasteiger partial charge < -0.3 is 0 Å². The minimum atomic E-state index is -0.207. The summed E-state index contributed by atoms with van der Waals surface area (Å²) < 4.78 is -0.207. The average molecular weight is 200 g/mol. The van der Waals surface area contributed by atoms with Crippen molar-refractivity contribution in [1.82, 2.24) is 0 Å². The first-order chi connectivity index (χ1) is 4.02. The molecule has 0 amide bonds. The monoisotopic (exact) mass is 200 g/mol. The normalized spacial score (nSPS) is 15.7. The highest BCUT2D eigenvalue weighted by molar-refractivity contribution is 8.69. The van der Waals surface area contributed by atoms with Gasteiger partial charge in [-0.2, -0.15) is 25.3 Å². The highest BCUT2D eigenvalue weighted by atomic mass is 33.1. The van der Waals surface area contributed by atoms with Crippen LogP contribution in [0.15, 0.2) is 0 Å². The van der Waals surface area contributed by atoms with Gasteiger partial charge in [-0.3, -0.25) is 0 Å². The Morgan fingerprint density at radius 2 is 2.00 bits per heavy atom. The summed E-state index contributed by atoms with van der Waals surface area (Å²) in [6, 6.07) is 0. The first-order valence-corrected chi connectivity index (χ1v) is 5.60. The Morgan fingerprint density at radius 1 is 1.56 bits per heavy atom. The Bertz CT molecular complexity index is 71.5. The van der Waals surface area contributed by atoms with Crippen LogP contribution in [0.5, 0.6) is 0 Å². The van der Waals surface area contributed by atoms with Crippen LogP contribution in [0, 0.1) is 0 Å². The van der Waals surface area contributed by atoms with Crippen molar-refractivity contribution in [3.8, 4) is 0 Å². The Labute approximate surface area is 77.2 Å². The lowest BCUT2D eigenvalue weighted by Gasteiger charge is -2.24. The second kappa shape index (κ2) is 4.31. The molecule has 56 valence electrons. The summed E-state index contributed by atoms with van der Waals surface area (Å²) in [5, 5.41) is 0.410. The molecule has 0 heterocycles. The zero-order valence-electron chi connectivity index (χ0n) is 5.53. The van der Waals surface area contributed by atoms with E-state index in [4.69, 9.17) is 0 Å². The zero-order chi connectivity index (χ0) is 7.49. The molecule has 0 radical (unpaired) electrons. The van der Waals surface area contributed by atoms with Crippen LogP contribution in [-0.2, 0) is 0 Å². The van der Waals surface area contributed by atoms with Gasteiger partial charge in [0.15, 0.2) is 0 Å². The van der Waals surface area contributed by atoms with Gasteiger partial charge in [0.1, 0.15) is 0 Å². The van der Waals surface area contributed by atoms with E-state index in [0.29, 0.717) is 5.25 Å². The number of hydrogen-bond acceptors (Lipinski definition) is 4. The molecule has 0 saturated carbocycles. The van der Waals surface area contributed by atoms with Crippen molar-refractivity contribution in [1.29, 1.82) is 0 Å². The first-order valence-electron chi connectivity index (χ1n) is 2.77. The number of rotatable bonds is 3. The van der Waals surface area contributed by atoms with Crippen LogP contribution in [0.3, 0.4) is 0 Å². The van der Waals surface area contributed by atoms with E-state index in [9.17, 15) is 0 Å². The molecule has 0 aromatic rings. The van der Waals surface area contributed by atoms with E-state index < -0.39 is 0 Å². The van der Waals surface area contributed by atoms with E-state index >= 15 is 0 Å². The maximum absolute atomic E-state index is 4.30. The van der Waals surface area contributed by atoms with Crippen molar-refractivity contribution in [3.05, 3.63) is 0 Å². The minimum Gasteiger partial charge on any atom is -0.161 e. The van der Waals surface area contributed by atoms with Gasteiger partial charge in [0.25, 0.3) is 0 Å². The summed E-state index contributed by atoms with van der Waals surface area (Å²) in [6.07, 6.45) is 1.05. The highest BCUT2D eigenvalue weighted by Crippen LogP contribution is 2.35. The van der Waals surface area contributed by atoms with Crippen molar-refractivity contribution in [3.63, 3.8) is 0 Å². The van der Waals surface area contributed by atoms with Crippen LogP contribution in [0.4, 0.5) is 0 Å². The fourth-order valence-corrected chi connectivity index (χ4v) is 3.17. The molecule has 0 aromatic carbocycles. The second-order valence-corrected chi connectivity index (χ2v) is 5.72. The molecule has 0 nitrogen and oxygen atoms in total. The van der Waals surface area contributed by atoms with E-state index in [0.717, 1.165) is 6.42 Å². The minimum absolute atomic E-state index is 0.207. The SMILES string of the molecule is CCC(SS)C(C)(S)S. The lowest BCUT2D eigenvalue weighted by molar-refractivity contribution is 0.780. The molecular weight excluding hydrogens is 188 g/mol. The van der Waals surface area contributed by atoms with Gasteiger partial charge in [-0.25, -0.2) is 0 Å². The fourth-order valence-electron chi connectivity index (χ4n) is 0.561. The first kappa shape index (κ1) is 10.4. The lowest BCUT2D eigenvalue weighted by Crippen LogP contribution is -2.22. The van der Waals surface area contributed by atoms with Crippen molar-refractivity contribution >= 4 is 47.7 Å². The molecule has 0 aliphatic carbocycles. The Balaban J connectivity index is 3.79. The third-order valence-electron chi connectivity index (χ3n) is 1.11. The van der Waals surface area contributed by atoms with Crippen LogP contribution in [-0.4, -0.2) is 9.33 Å². The summed E-state index contributed by atoms with van der Waals surface area (Å²) >= 11 is 12.7. The van der Waals surface area contributed by atoms with Gasteiger partial charge in [-0.05, 0) is 13.3 Å². The largest absolute Gasteiger partial charge is 0.161 e. The predicted octanol–water partition coefficient (Wildman–Crippen LogP) is 2.92. The zero-order valence-corrected chi connectivity index (χ0v) is 9.03. The van der Waals surface area contributed by atoms with Gasteiger partial charge in [0.2, 0.25) is 0 Å². The van der Waals surface area contributed by atoms with E-state index in [2.05, 4.69) is 43.8 Å². The number of thiol groups is 3. The molecule has 0 saturated heterocycles. The van der Waals surface area contributed by atoms with Crippen LogP contribution >= 0.6 is 47.7 Å². The van der Waals surface area contributed by atoms with Crippen molar-refractivity contribution in [2.24, 2.45) is 0 Å². The van der Waals surface area contributed by atoms with Crippen LogP contribution in [0.25, 0.3) is 0 Å². The summed E-state index contributed by atoms with van der Waals surface area (Å²) in [5.74, 6) is 0. The molecule has 0 fully saturated rings. The maximum Gasteiger partial charge on any atom is 0.0650 e. The lowest BCUT2D eigenvalue weighted by atomic mass is 10.2. The Hall–Kier alpha value is 1.40. The molecular formula is C5H12S4. The van der Waals surface area contributed by atoms with E-state index in [1.807, 2.05) is 6.92 Å². The van der Waals surface area contributed by atoms with E-state index in [1.54, 1.807) is 0 Å². The van der Waals surface area contributed by atoms with E-state index in [1.165, 1.54) is 10.8 Å². The summed E-state index contributed by atoms with van der Waals surface area (Å²) in [4.78, 5) is 0. The van der Waals surface area contributed by atoms with Crippen molar-refractivity contribution < 1.29 is 0 Å². The topological polar surface area (TPSA) is 0 Å². The molecule has 0 spiro atoms. The highest BCUT2D eigenvalue weighted by Gasteiger charge is 2.24. The Morgan fingerprint density at radius 3 is 2.00 bits per heavy atom. The molecule has 4 heteroatoms. The summed E-state index contributed by atoms with van der Waals surface area (Å²) in [7, 11) is 1.52. The molecule has 0 aliphatic rings. The summed E-state index contributed by atoms with van der Waals surface area (Å²) in [6.45, 7) is 4.09. The fraction of sp³-hybridized carbons (Fsp3) is 1.00. The molecule has 0 aromatic heterocycles. The molecule has 9 heavy (non-hydrogen) atoms. The van der Waals surface area contributed by atoms with Gasteiger partial charge in [0.05, 0.1) is 4.08 Å². The molecule has 0 rings (SSSR count).